The van der Waals surface area contributed by atoms with Crippen molar-refractivity contribution in [2.24, 2.45) is 11.8 Å². The lowest BCUT2D eigenvalue weighted by molar-refractivity contribution is -0.131. The van der Waals surface area contributed by atoms with E-state index >= 15 is 0 Å². The number of carbonyl (C=O) groups excluding carboxylic acids is 2. The van der Waals surface area contributed by atoms with Crippen LogP contribution in [-0.2, 0) is 9.59 Å². The maximum atomic E-state index is 12.7. The third kappa shape index (κ3) is 3.89. The number of likely N-dealkylation sites (tertiary alicyclic amines) is 1. The number of carbonyl (C=O) groups is 2. The van der Waals surface area contributed by atoms with Gasteiger partial charge in [-0.15, -0.1) is 0 Å². The summed E-state index contributed by atoms with van der Waals surface area (Å²) in [5, 5.41) is 3.27. The monoisotopic (exact) mass is 320 g/mol. The van der Waals surface area contributed by atoms with Gasteiger partial charge >= 0.3 is 0 Å². The molecule has 1 N–H and O–H groups in total. The molecule has 1 unspecified atom stereocenters. The zero-order valence-corrected chi connectivity index (χ0v) is 14.8. The summed E-state index contributed by atoms with van der Waals surface area (Å²) in [5.41, 5.74) is -0.0495. The molecule has 1 saturated heterocycles. The zero-order chi connectivity index (χ0) is 16.4. The van der Waals surface area contributed by atoms with Crippen LogP contribution in [0.1, 0.15) is 78.1 Å². The Hall–Kier alpha value is -1.06. The molecule has 130 valence electrons. The van der Waals surface area contributed by atoms with Crippen LogP contribution in [-0.4, -0.2) is 34.8 Å². The first kappa shape index (κ1) is 16.8. The summed E-state index contributed by atoms with van der Waals surface area (Å²) < 4.78 is 0. The van der Waals surface area contributed by atoms with Crippen LogP contribution >= 0.6 is 0 Å². The average molecular weight is 320 g/mol. The van der Waals surface area contributed by atoms with Crippen molar-refractivity contribution >= 4 is 11.8 Å². The Bertz CT molecular complexity index is 448. The number of hydrogen-bond donors (Lipinski definition) is 1. The van der Waals surface area contributed by atoms with Crippen LogP contribution in [0.15, 0.2) is 0 Å². The Kier molecular flexibility index (Phi) is 4.98. The molecule has 23 heavy (non-hydrogen) atoms. The van der Waals surface area contributed by atoms with Crippen molar-refractivity contribution in [1.29, 1.82) is 0 Å². The van der Waals surface area contributed by atoms with E-state index in [1.165, 1.54) is 32.1 Å². The number of nitrogens with zero attached hydrogens (tertiary/aromatic N) is 1. The lowest BCUT2D eigenvalue weighted by Crippen LogP contribution is -2.50. The first-order valence-electron chi connectivity index (χ1n) is 9.58. The Labute approximate surface area is 140 Å². The minimum absolute atomic E-state index is 0.0495. The number of nitrogens with one attached hydrogen (secondary N) is 1. The van der Waals surface area contributed by atoms with Gasteiger partial charge in [-0.2, -0.15) is 0 Å². The normalized spacial score (nSPS) is 34.4. The molecule has 2 aliphatic carbocycles. The summed E-state index contributed by atoms with van der Waals surface area (Å²) in [6.45, 7) is 5.10. The molecule has 3 rings (SSSR count). The van der Waals surface area contributed by atoms with E-state index in [4.69, 9.17) is 0 Å². The molecule has 0 bridgehead atoms. The van der Waals surface area contributed by atoms with Gasteiger partial charge in [-0.05, 0) is 51.4 Å². The van der Waals surface area contributed by atoms with Crippen molar-refractivity contribution in [2.75, 3.05) is 6.54 Å². The quantitative estimate of drug-likeness (QED) is 0.868. The standard InChI is InChI=1S/C19H32N2O2/c1-14-6-8-16(9-7-14)21-13-15(12-17(21)22)18(23)20-19(2)10-4-3-5-11-19/h14-16H,3-13H2,1-2H3,(H,20,23). The molecule has 4 nitrogen and oxygen atoms in total. The molecular formula is C19H32N2O2. The van der Waals surface area contributed by atoms with Crippen molar-refractivity contribution in [3.63, 3.8) is 0 Å². The average Bonchev–Trinajstić information content (AvgIpc) is 2.90. The minimum Gasteiger partial charge on any atom is -0.351 e. The molecule has 0 aromatic heterocycles. The third-order valence-corrected chi connectivity index (χ3v) is 6.34. The van der Waals surface area contributed by atoms with Gasteiger partial charge in [0.2, 0.25) is 11.8 Å². The van der Waals surface area contributed by atoms with Gasteiger partial charge in [0.1, 0.15) is 0 Å². The van der Waals surface area contributed by atoms with Gasteiger partial charge in [0.25, 0.3) is 0 Å². The molecule has 4 heteroatoms. The molecule has 3 aliphatic rings. The smallest absolute Gasteiger partial charge is 0.225 e. The van der Waals surface area contributed by atoms with Crippen molar-refractivity contribution < 1.29 is 9.59 Å². The summed E-state index contributed by atoms with van der Waals surface area (Å²) in [6.07, 6.45) is 10.9. The summed E-state index contributed by atoms with van der Waals surface area (Å²) >= 11 is 0. The van der Waals surface area contributed by atoms with Gasteiger partial charge in [-0.1, -0.05) is 26.2 Å². The molecule has 1 aliphatic heterocycles. The predicted molar refractivity (Wildman–Crippen MR) is 90.9 cm³/mol. The highest BCUT2D eigenvalue weighted by molar-refractivity contribution is 5.89. The van der Waals surface area contributed by atoms with Crippen LogP contribution in [0.2, 0.25) is 0 Å². The van der Waals surface area contributed by atoms with E-state index in [2.05, 4.69) is 19.2 Å². The van der Waals surface area contributed by atoms with E-state index in [1.807, 2.05) is 4.90 Å². The van der Waals surface area contributed by atoms with Gasteiger partial charge in [-0.25, -0.2) is 0 Å². The molecule has 2 saturated carbocycles. The highest BCUT2D eigenvalue weighted by Crippen LogP contribution is 2.32. The van der Waals surface area contributed by atoms with E-state index in [0.717, 1.165) is 31.6 Å². The molecule has 0 aromatic carbocycles. The van der Waals surface area contributed by atoms with Crippen LogP contribution in [0.3, 0.4) is 0 Å². The van der Waals surface area contributed by atoms with E-state index in [1.54, 1.807) is 0 Å². The Balaban J connectivity index is 1.55. The van der Waals surface area contributed by atoms with Crippen LogP contribution in [0.25, 0.3) is 0 Å². The largest absolute Gasteiger partial charge is 0.351 e. The lowest BCUT2D eigenvalue weighted by atomic mass is 9.83. The lowest BCUT2D eigenvalue weighted by Gasteiger charge is -2.36. The fourth-order valence-corrected chi connectivity index (χ4v) is 4.67. The molecular weight excluding hydrogens is 288 g/mol. The molecule has 0 radical (unpaired) electrons. The first-order valence-corrected chi connectivity index (χ1v) is 9.58. The summed E-state index contributed by atoms with van der Waals surface area (Å²) in [6, 6.07) is 0.377. The second-order valence-corrected chi connectivity index (χ2v) is 8.47. The summed E-state index contributed by atoms with van der Waals surface area (Å²) in [4.78, 5) is 27.1. The zero-order valence-electron chi connectivity index (χ0n) is 14.8. The molecule has 0 aromatic rings. The van der Waals surface area contributed by atoms with Crippen molar-refractivity contribution in [1.82, 2.24) is 10.2 Å². The Morgan fingerprint density at radius 2 is 1.78 bits per heavy atom. The van der Waals surface area contributed by atoms with E-state index in [9.17, 15) is 9.59 Å². The maximum Gasteiger partial charge on any atom is 0.225 e. The molecule has 0 spiro atoms. The molecule has 3 fully saturated rings. The number of amides is 2. The number of rotatable bonds is 3. The third-order valence-electron chi connectivity index (χ3n) is 6.34. The van der Waals surface area contributed by atoms with Gasteiger partial charge in [-0.3, -0.25) is 9.59 Å². The summed E-state index contributed by atoms with van der Waals surface area (Å²) in [7, 11) is 0. The van der Waals surface area contributed by atoms with Crippen molar-refractivity contribution in [3.05, 3.63) is 0 Å². The Morgan fingerprint density at radius 3 is 2.43 bits per heavy atom. The van der Waals surface area contributed by atoms with Crippen LogP contribution < -0.4 is 5.32 Å². The minimum atomic E-state index is -0.138. The van der Waals surface area contributed by atoms with Crippen LogP contribution in [0, 0.1) is 11.8 Å². The van der Waals surface area contributed by atoms with Crippen molar-refractivity contribution in [3.8, 4) is 0 Å². The van der Waals surface area contributed by atoms with Gasteiger partial charge in [0.05, 0.1) is 5.92 Å². The topological polar surface area (TPSA) is 49.4 Å². The van der Waals surface area contributed by atoms with Crippen LogP contribution in [0.4, 0.5) is 0 Å². The molecule has 1 atom stereocenters. The second-order valence-electron chi connectivity index (χ2n) is 8.47. The van der Waals surface area contributed by atoms with E-state index in [-0.39, 0.29) is 23.3 Å². The van der Waals surface area contributed by atoms with E-state index < -0.39 is 0 Å². The fraction of sp³-hybridized carbons (Fsp3) is 0.895. The highest BCUT2D eigenvalue weighted by Gasteiger charge is 2.40. The van der Waals surface area contributed by atoms with Gasteiger partial charge < -0.3 is 10.2 Å². The summed E-state index contributed by atoms with van der Waals surface area (Å²) in [5.74, 6) is 0.947. The van der Waals surface area contributed by atoms with Gasteiger partial charge in [0, 0.05) is 24.5 Å². The van der Waals surface area contributed by atoms with E-state index in [0.29, 0.717) is 19.0 Å². The number of hydrogen-bond acceptors (Lipinski definition) is 2. The van der Waals surface area contributed by atoms with Crippen LogP contribution in [0.5, 0.6) is 0 Å². The highest BCUT2D eigenvalue weighted by atomic mass is 16.2. The first-order chi connectivity index (χ1) is 11.0. The molecule has 2 amide bonds. The fourth-order valence-electron chi connectivity index (χ4n) is 4.67. The van der Waals surface area contributed by atoms with Gasteiger partial charge in [0.15, 0.2) is 0 Å². The Morgan fingerprint density at radius 1 is 1.13 bits per heavy atom. The SMILES string of the molecule is CC1CCC(N2CC(C(=O)NC3(C)CCCCC3)CC2=O)CC1. The van der Waals surface area contributed by atoms with Crippen molar-refractivity contribution in [2.45, 2.75) is 89.6 Å². The predicted octanol–water partition coefficient (Wildman–Crippen LogP) is 3.25. The molecule has 1 heterocycles. The second kappa shape index (κ2) is 6.82. The maximum absolute atomic E-state index is 12.7.